The Morgan fingerprint density at radius 3 is 2.97 bits per heavy atom. The Morgan fingerprint density at radius 2 is 2.16 bits per heavy atom. The zero-order valence-corrected chi connectivity index (χ0v) is 18.2. The number of anilines is 1. The molecule has 0 spiro atoms. The lowest BCUT2D eigenvalue weighted by Gasteiger charge is -2.35. The molecular weight excluding hydrogens is 402 g/mol. The molecule has 2 atom stereocenters. The van der Waals surface area contributed by atoms with Crippen molar-refractivity contribution >= 4 is 22.8 Å². The first kappa shape index (κ1) is 20.5. The number of aromatic nitrogens is 3. The summed E-state index contributed by atoms with van der Waals surface area (Å²) in [5, 5.41) is 2.98. The molecule has 7 heteroatoms. The predicted octanol–water partition coefficient (Wildman–Crippen LogP) is 3.73. The van der Waals surface area contributed by atoms with Crippen LogP contribution in [0, 0.1) is 6.92 Å². The van der Waals surface area contributed by atoms with E-state index in [1.165, 1.54) is 0 Å². The van der Waals surface area contributed by atoms with Gasteiger partial charge in [-0.05, 0) is 25.5 Å². The lowest BCUT2D eigenvalue weighted by Crippen LogP contribution is -2.45. The van der Waals surface area contributed by atoms with Crippen molar-refractivity contribution in [3.05, 3.63) is 66.5 Å². The van der Waals surface area contributed by atoms with Gasteiger partial charge in [0.25, 0.3) is 5.91 Å². The number of amides is 1. The van der Waals surface area contributed by atoms with Crippen LogP contribution < -0.4 is 10.2 Å². The molecule has 1 aromatic carbocycles. The highest BCUT2D eigenvalue weighted by Crippen LogP contribution is 2.34. The molecule has 3 aromatic rings. The van der Waals surface area contributed by atoms with E-state index < -0.39 is 0 Å². The maximum atomic E-state index is 12.5. The third-order valence-electron chi connectivity index (χ3n) is 6.31. The van der Waals surface area contributed by atoms with Gasteiger partial charge in [0, 0.05) is 36.0 Å². The fraction of sp³-hybridized carbons (Fsp3) is 0.320. The highest BCUT2D eigenvalue weighted by molar-refractivity contribution is 6.00. The molecule has 164 valence electrons. The first-order chi connectivity index (χ1) is 15.6. The molecule has 2 aromatic heterocycles. The van der Waals surface area contributed by atoms with E-state index in [9.17, 15) is 4.79 Å². The molecule has 1 amide bonds. The number of morpholine rings is 1. The van der Waals surface area contributed by atoms with Crippen LogP contribution in [0.5, 0.6) is 0 Å². The molecule has 0 bridgehead atoms. The van der Waals surface area contributed by atoms with Crippen molar-refractivity contribution in [2.45, 2.75) is 25.3 Å². The second kappa shape index (κ2) is 8.24. The van der Waals surface area contributed by atoms with E-state index in [0.717, 1.165) is 52.5 Å². The molecule has 0 saturated carbocycles. The van der Waals surface area contributed by atoms with Gasteiger partial charge in [0.2, 0.25) is 0 Å². The Labute approximate surface area is 187 Å². The number of hydrogen-bond acceptors (Lipinski definition) is 5. The van der Waals surface area contributed by atoms with Gasteiger partial charge >= 0.3 is 0 Å². The van der Waals surface area contributed by atoms with Gasteiger partial charge in [-0.15, -0.1) is 13.2 Å². The van der Waals surface area contributed by atoms with Gasteiger partial charge in [-0.1, -0.05) is 24.3 Å². The summed E-state index contributed by atoms with van der Waals surface area (Å²) in [5.74, 6) is 0.985. The summed E-state index contributed by atoms with van der Waals surface area (Å²) < 4.78 is 5.62. The number of carbonyl (C=O) groups is 1. The van der Waals surface area contributed by atoms with Gasteiger partial charge in [-0.3, -0.25) is 4.79 Å². The van der Waals surface area contributed by atoms with Crippen LogP contribution in [0.3, 0.4) is 0 Å². The molecule has 1 fully saturated rings. The number of aromatic amines is 1. The highest BCUT2D eigenvalue weighted by atomic mass is 16.5. The van der Waals surface area contributed by atoms with E-state index in [0.29, 0.717) is 25.3 Å². The second-order valence-electron chi connectivity index (χ2n) is 8.32. The number of hydrogen-bond donors (Lipinski definition) is 2. The second-order valence-corrected chi connectivity index (χ2v) is 8.32. The van der Waals surface area contributed by atoms with Gasteiger partial charge in [-0.25, -0.2) is 9.97 Å². The number of allylic oxidation sites excluding steroid dienone is 1. The van der Waals surface area contributed by atoms with Gasteiger partial charge in [0.15, 0.2) is 5.82 Å². The number of ether oxygens (including phenoxy) is 1. The Hall–Kier alpha value is -3.45. The molecule has 0 aliphatic carbocycles. The Balaban J connectivity index is 1.64. The molecular formula is C25H27N5O2. The monoisotopic (exact) mass is 429 g/mol. The molecule has 0 unspecified atom stereocenters. The average Bonchev–Trinajstić information content (AvgIpc) is 3.26. The van der Waals surface area contributed by atoms with Gasteiger partial charge in [-0.2, -0.15) is 0 Å². The van der Waals surface area contributed by atoms with E-state index in [1.54, 1.807) is 0 Å². The van der Waals surface area contributed by atoms with E-state index in [4.69, 9.17) is 14.7 Å². The van der Waals surface area contributed by atoms with Crippen molar-refractivity contribution in [1.29, 1.82) is 0 Å². The third-order valence-corrected chi connectivity index (χ3v) is 6.31. The Kier molecular flexibility index (Phi) is 5.27. The smallest absolute Gasteiger partial charge is 0.253 e. The summed E-state index contributed by atoms with van der Waals surface area (Å²) in [6.07, 6.45) is 4.59. The quantitative estimate of drug-likeness (QED) is 0.604. The van der Waals surface area contributed by atoms with Crippen LogP contribution in [-0.4, -0.2) is 53.2 Å². The largest absolute Gasteiger partial charge is 0.377 e. The van der Waals surface area contributed by atoms with Gasteiger partial charge < -0.3 is 19.9 Å². The lowest BCUT2D eigenvalue weighted by atomic mass is 9.94. The van der Waals surface area contributed by atoms with E-state index in [2.05, 4.69) is 28.4 Å². The summed E-state index contributed by atoms with van der Waals surface area (Å²) in [7, 11) is 0. The summed E-state index contributed by atoms with van der Waals surface area (Å²) in [5.41, 5.74) is 5.96. The number of para-hydroxylation sites is 1. The number of H-pyrrole nitrogens is 1. The van der Waals surface area contributed by atoms with Crippen molar-refractivity contribution in [3.63, 3.8) is 0 Å². The first-order valence-corrected chi connectivity index (χ1v) is 11.0. The van der Waals surface area contributed by atoms with Crippen LogP contribution in [-0.2, 0) is 4.74 Å². The number of rotatable bonds is 5. The van der Waals surface area contributed by atoms with Crippen molar-refractivity contribution in [3.8, 4) is 11.3 Å². The molecule has 0 radical (unpaired) electrons. The standard InChI is InChI=1S/C25H27N5O2/c1-4-7-16-13-26-25(31)19-12-21(28-22(16)19)18-8-6-9-20-23(18)29-24(15(3)27-20)30-10-11-32-14-17(30)5-2/h4-6,8-9,12,16-17,28H,1-2,7,10-11,13-14H2,3H3,(H,26,31)/t16-,17-/m0/s1. The highest BCUT2D eigenvalue weighted by Gasteiger charge is 2.28. The zero-order valence-electron chi connectivity index (χ0n) is 18.2. The third kappa shape index (κ3) is 3.39. The Morgan fingerprint density at radius 1 is 1.28 bits per heavy atom. The summed E-state index contributed by atoms with van der Waals surface area (Å²) >= 11 is 0. The molecule has 5 rings (SSSR count). The number of carbonyl (C=O) groups excluding carboxylic acids is 1. The molecule has 32 heavy (non-hydrogen) atoms. The maximum Gasteiger partial charge on any atom is 0.253 e. The number of aryl methyl sites for hydroxylation is 1. The van der Waals surface area contributed by atoms with Crippen LogP contribution in [0.25, 0.3) is 22.3 Å². The minimum atomic E-state index is -0.0483. The van der Waals surface area contributed by atoms with Crippen LogP contribution in [0.15, 0.2) is 49.6 Å². The van der Waals surface area contributed by atoms with Crippen molar-refractivity contribution in [2.75, 3.05) is 31.2 Å². The normalized spacial score (nSPS) is 20.7. The van der Waals surface area contributed by atoms with Crippen molar-refractivity contribution in [1.82, 2.24) is 20.3 Å². The van der Waals surface area contributed by atoms with Crippen LogP contribution in [0.2, 0.25) is 0 Å². The lowest BCUT2D eigenvalue weighted by molar-refractivity contribution is 0.0940. The number of nitrogens with one attached hydrogen (secondary N) is 2. The SMILES string of the molecule is C=CC[C@H]1CNC(=O)c2cc(-c3cccc4nc(C)c(N5CCOC[C@@H]5C=C)nc34)[nH]c21. The predicted molar refractivity (Wildman–Crippen MR) is 126 cm³/mol. The fourth-order valence-corrected chi connectivity index (χ4v) is 4.67. The number of nitrogens with zero attached hydrogens (tertiary/aromatic N) is 3. The summed E-state index contributed by atoms with van der Waals surface area (Å²) in [6.45, 7) is 12.4. The average molecular weight is 430 g/mol. The number of benzene rings is 1. The first-order valence-electron chi connectivity index (χ1n) is 11.0. The van der Waals surface area contributed by atoms with E-state index in [1.807, 2.05) is 43.3 Å². The minimum absolute atomic E-state index is 0.0483. The van der Waals surface area contributed by atoms with Crippen LogP contribution in [0.1, 0.15) is 34.1 Å². The van der Waals surface area contributed by atoms with E-state index >= 15 is 0 Å². The molecule has 2 aliphatic heterocycles. The molecule has 4 heterocycles. The fourth-order valence-electron chi connectivity index (χ4n) is 4.67. The van der Waals surface area contributed by atoms with Gasteiger partial charge in [0.1, 0.15) is 5.52 Å². The maximum absolute atomic E-state index is 12.5. The Bertz CT molecular complexity index is 1210. The van der Waals surface area contributed by atoms with Crippen LogP contribution in [0.4, 0.5) is 5.82 Å². The van der Waals surface area contributed by atoms with Gasteiger partial charge in [0.05, 0.1) is 36.0 Å². The topological polar surface area (TPSA) is 83.1 Å². The number of fused-ring (bicyclic) bond motifs is 2. The minimum Gasteiger partial charge on any atom is -0.377 e. The summed E-state index contributed by atoms with van der Waals surface area (Å²) in [4.78, 5) is 28.2. The zero-order chi connectivity index (χ0) is 22.2. The van der Waals surface area contributed by atoms with E-state index in [-0.39, 0.29) is 17.9 Å². The molecule has 1 saturated heterocycles. The molecule has 2 aliphatic rings. The summed E-state index contributed by atoms with van der Waals surface area (Å²) in [6, 6.07) is 7.97. The van der Waals surface area contributed by atoms with Crippen molar-refractivity contribution in [2.24, 2.45) is 0 Å². The van der Waals surface area contributed by atoms with Crippen LogP contribution >= 0.6 is 0 Å². The van der Waals surface area contributed by atoms with Crippen molar-refractivity contribution < 1.29 is 9.53 Å². The molecule has 2 N–H and O–H groups in total. The molecule has 7 nitrogen and oxygen atoms in total.